The lowest BCUT2D eigenvalue weighted by Crippen LogP contribution is -2.42. The Morgan fingerprint density at radius 3 is 2.62 bits per heavy atom. The van der Waals surface area contributed by atoms with Crippen molar-refractivity contribution in [1.82, 2.24) is 10.6 Å². The zero-order valence-electron chi connectivity index (χ0n) is 9.82. The van der Waals surface area contributed by atoms with E-state index in [9.17, 15) is 13.2 Å². The first kappa shape index (κ1) is 13.4. The van der Waals surface area contributed by atoms with Crippen molar-refractivity contribution in [3.8, 4) is 0 Å². The molecule has 0 aromatic carbocycles. The molecule has 1 aliphatic rings. The van der Waals surface area contributed by atoms with E-state index in [2.05, 4.69) is 10.6 Å². The van der Waals surface area contributed by atoms with Gasteiger partial charge in [0.25, 0.3) is 0 Å². The van der Waals surface area contributed by atoms with Gasteiger partial charge in [-0.05, 0) is 19.9 Å². The Kier molecular flexibility index (Phi) is 4.73. The maximum absolute atomic E-state index is 11.8. The van der Waals surface area contributed by atoms with Crippen molar-refractivity contribution in [1.29, 1.82) is 0 Å². The normalized spacial score (nSPS) is 25.2. The highest BCUT2D eigenvalue weighted by atomic mass is 32.2. The van der Waals surface area contributed by atoms with E-state index in [1.165, 1.54) is 0 Å². The van der Waals surface area contributed by atoms with Crippen LogP contribution in [0, 0.1) is 5.92 Å². The van der Waals surface area contributed by atoms with Crippen LogP contribution in [0.2, 0.25) is 0 Å². The highest BCUT2D eigenvalue weighted by Crippen LogP contribution is 2.12. The van der Waals surface area contributed by atoms with E-state index >= 15 is 0 Å². The van der Waals surface area contributed by atoms with Gasteiger partial charge < -0.3 is 10.6 Å². The third-order valence-electron chi connectivity index (χ3n) is 2.89. The molecule has 16 heavy (non-hydrogen) atoms. The minimum atomic E-state index is -2.92. The topological polar surface area (TPSA) is 75.3 Å². The summed E-state index contributed by atoms with van der Waals surface area (Å²) in [7, 11) is -1.11. The average Bonchev–Trinajstić information content (AvgIpc) is 2.54. The molecule has 2 unspecified atom stereocenters. The van der Waals surface area contributed by atoms with Gasteiger partial charge in [-0.25, -0.2) is 8.42 Å². The van der Waals surface area contributed by atoms with Crippen LogP contribution in [-0.4, -0.2) is 45.5 Å². The zero-order chi connectivity index (χ0) is 12.2. The highest BCUT2D eigenvalue weighted by Gasteiger charge is 2.30. The van der Waals surface area contributed by atoms with Gasteiger partial charge in [-0.1, -0.05) is 6.92 Å². The second kappa shape index (κ2) is 5.63. The molecule has 2 atom stereocenters. The van der Waals surface area contributed by atoms with Gasteiger partial charge in [-0.3, -0.25) is 4.79 Å². The van der Waals surface area contributed by atoms with Gasteiger partial charge in [0.2, 0.25) is 5.91 Å². The number of sulfone groups is 1. The van der Waals surface area contributed by atoms with E-state index in [1.54, 1.807) is 7.05 Å². The summed E-state index contributed by atoms with van der Waals surface area (Å²) in [5, 5.41) is 5.77. The third kappa shape index (κ3) is 3.75. The fourth-order valence-corrected chi connectivity index (χ4v) is 3.57. The lowest BCUT2D eigenvalue weighted by Gasteiger charge is -2.17. The molecule has 5 nitrogen and oxygen atoms in total. The molecule has 94 valence electrons. The van der Waals surface area contributed by atoms with Gasteiger partial charge in [0.05, 0.1) is 17.4 Å². The largest absolute Gasteiger partial charge is 0.352 e. The predicted octanol–water partition coefficient (Wildman–Crippen LogP) is -0.465. The van der Waals surface area contributed by atoms with Crippen molar-refractivity contribution in [2.45, 2.75) is 25.8 Å². The van der Waals surface area contributed by atoms with Crippen LogP contribution in [0.4, 0.5) is 0 Å². The van der Waals surface area contributed by atoms with Crippen molar-refractivity contribution >= 4 is 15.7 Å². The molecule has 1 saturated heterocycles. The van der Waals surface area contributed by atoms with Gasteiger partial charge in [0.1, 0.15) is 0 Å². The van der Waals surface area contributed by atoms with E-state index < -0.39 is 9.84 Å². The summed E-state index contributed by atoms with van der Waals surface area (Å²) in [5.74, 6) is 0.169. The molecule has 6 heteroatoms. The average molecular weight is 248 g/mol. The number of hydrogen-bond acceptors (Lipinski definition) is 4. The minimum absolute atomic E-state index is 0.0426. The van der Waals surface area contributed by atoms with Gasteiger partial charge >= 0.3 is 0 Å². The Morgan fingerprint density at radius 1 is 1.50 bits per heavy atom. The van der Waals surface area contributed by atoms with Gasteiger partial charge in [0.15, 0.2) is 9.84 Å². The fourth-order valence-electron chi connectivity index (χ4n) is 1.90. The Balaban J connectivity index is 2.45. The lowest BCUT2D eigenvalue weighted by molar-refractivity contribution is -0.125. The summed E-state index contributed by atoms with van der Waals surface area (Å²) in [5.41, 5.74) is 0. The summed E-state index contributed by atoms with van der Waals surface area (Å²) in [6.07, 6.45) is 1.30. The number of carbonyl (C=O) groups excluding carboxylic acids is 1. The van der Waals surface area contributed by atoms with Gasteiger partial charge in [0, 0.05) is 12.6 Å². The standard InChI is InChI=1S/C10H20N2O3S/c1-3-8(6-11-2)10(13)12-9-4-5-16(14,15)7-9/h8-9,11H,3-7H2,1-2H3,(H,12,13). The first-order valence-electron chi connectivity index (χ1n) is 5.64. The first-order valence-corrected chi connectivity index (χ1v) is 7.46. The number of hydrogen-bond donors (Lipinski definition) is 2. The smallest absolute Gasteiger partial charge is 0.224 e. The van der Waals surface area contributed by atoms with E-state index in [0.29, 0.717) is 13.0 Å². The molecule has 1 rings (SSSR count). The number of amides is 1. The number of rotatable bonds is 5. The van der Waals surface area contributed by atoms with Crippen LogP contribution < -0.4 is 10.6 Å². The summed E-state index contributed by atoms with van der Waals surface area (Å²) < 4.78 is 22.4. The molecule has 0 aromatic rings. The molecule has 1 heterocycles. The molecule has 0 bridgehead atoms. The maximum Gasteiger partial charge on any atom is 0.224 e. The fraction of sp³-hybridized carbons (Fsp3) is 0.900. The van der Waals surface area contributed by atoms with Crippen molar-refractivity contribution in [2.24, 2.45) is 5.92 Å². The molecule has 1 fully saturated rings. The second-order valence-corrected chi connectivity index (χ2v) is 6.50. The molecule has 1 amide bonds. The highest BCUT2D eigenvalue weighted by molar-refractivity contribution is 7.91. The van der Waals surface area contributed by atoms with Crippen molar-refractivity contribution in [3.05, 3.63) is 0 Å². The van der Waals surface area contributed by atoms with E-state index in [0.717, 1.165) is 6.42 Å². The van der Waals surface area contributed by atoms with Crippen LogP contribution in [0.5, 0.6) is 0 Å². The Bertz CT molecular complexity index is 340. The Morgan fingerprint density at radius 2 is 2.19 bits per heavy atom. The molecular weight excluding hydrogens is 228 g/mol. The summed E-state index contributed by atoms with van der Waals surface area (Å²) in [6, 6.07) is -0.191. The molecule has 0 spiro atoms. The van der Waals surface area contributed by atoms with Gasteiger partial charge in [-0.15, -0.1) is 0 Å². The van der Waals surface area contributed by atoms with Crippen LogP contribution in [0.1, 0.15) is 19.8 Å². The second-order valence-electron chi connectivity index (χ2n) is 4.27. The Labute approximate surface area is 96.9 Å². The third-order valence-corrected chi connectivity index (χ3v) is 4.66. The quantitative estimate of drug-likeness (QED) is 0.690. The zero-order valence-corrected chi connectivity index (χ0v) is 10.6. The van der Waals surface area contributed by atoms with Crippen molar-refractivity contribution in [3.63, 3.8) is 0 Å². The van der Waals surface area contributed by atoms with E-state index in [1.807, 2.05) is 6.92 Å². The van der Waals surface area contributed by atoms with Crippen LogP contribution in [0.3, 0.4) is 0 Å². The predicted molar refractivity (Wildman–Crippen MR) is 62.9 cm³/mol. The summed E-state index contributed by atoms with van der Waals surface area (Å²) in [6.45, 7) is 2.58. The molecule has 0 saturated carbocycles. The van der Waals surface area contributed by atoms with Crippen molar-refractivity contribution in [2.75, 3.05) is 25.1 Å². The van der Waals surface area contributed by atoms with Crippen LogP contribution in [-0.2, 0) is 14.6 Å². The number of carbonyl (C=O) groups is 1. The monoisotopic (exact) mass is 248 g/mol. The maximum atomic E-state index is 11.8. The molecule has 0 aromatic heterocycles. The van der Waals surface area contributed by atoms with E-state index in [-0.39, 0.29) is 29.4 Å². The lowest BCUT2D eigenvalue weighted by atomic mass is 10.1. The number of nitrogens with one attached hydrogen (secondary N) is 2. The molecular formula is C10H20N2O3S. The first-order chi connectivity index (χ1) is 7.48. The van der Waals surface area contributed by atoms with Crippen LogP contribution >= 0.6 is 0 Å². The van der Waals surface area contributed by atoms with Crippen LogP contribution in [0.25, 0.3) is 0 Å². The van der Waals surface area contributed by atoms with Crippen LogP contribution in [0.15, 0.2) is 0 Å². The minimum Gasteiger partial charge on any atom is -0.352 e. The van der Waals surface area contributed by atoms with E-state index in [4.69, 9.17) is 0 Å². The molecule has 2 N–H and O–H groups in total. The molecule has 0 aliphatic carbocycles. The van der Waals surface area contributed by atoms with Crippen molar-refractivity contribution < 1.29 is 13.2 Å². The molecule has 0 radical (unpaired) electrons. The Hall–Kier alpha value is -0.620. The molecule has 1 aliphatic heterocycles. The summed E-state index contributed by atoms with van der Waals surface area (Å²) >= 11 is 0. The van der Waals surface area contributed by atoms with Gasteiger partial charge in [-0.2, -0.15) is 0 Å². The summed E-state index contributed by atoms with van der Waals surface area (Å²) in [4.78, 5) is 11.8. The SMILES string of the molecule is CCC(CNC)C(=O)NC1CCS(=O)(=O)C1.